The van der Waals surface area contributed by atoms with Crippen LogP contribution in [0.5, 0.6) is 0 Å². The van der Waals surface area contributed by atoms with E-state index in [4.69, 9.17) is 16.6 Å². The van der Waals surface area contributed by atoms with Gasteiger partial charge in [-0.1, -0.05) is 18.0 Å². The first kappa shape index (κ1) is 15.5. The van der Waals surface area contributed by atoms with Crippen molar-refractivity contribution in [2.45, 2.75) is 31.6 Å². The Morgan fingerprint density at radius 2 is 2.05 bits per heavy atom. The molecule has 2 fully saturated rings. The molecule has 0 aromatic heterocycles. The van der Waals surface area contributed by atoms with E-state index < -0.39 is 0 Å². The lowest BCUT2D eigenvalue weighted by molar-refractivity contribution is 0.198. The van der Waals surface area contributed by atoms with Gasteiger partial charge in [-0.25, -0.2) is 4.99 Å². The number of nitrogens with zero attached hydrogens (tertiary/aromatic N) is 3. The molecule has 0 amide bonds. The minimum Gasteiger partial charge on any atom is -0.364 e. The molecule has 2 aliphatic heterocycles. The first-order valence-corrected chi connectivity index (χ1v) is 9.27. The van der Waals surface area contributed by atoms with Gasteiger partial charge in [0.05, 0.1) is 0 Å². The Hall–Kier alpha value is -0.430. The van der Waals surface area contributed by atoms with E-state index >= 15 is 0 Å². The summed E-state index contributed by atoms with van der Waals surface area (Å²) in [5, 5.41) is 8.85. The summed E-state index contributed by atoms with van der Waals surface area (Å²) in [6.07, 6.45) is 5.87. The molecule has 2 N–H and O–H groups in total. The van der Waals surface area contributed by atoms with Gasteiger partial charge >= 0.3 is 0 Å². The maximum atomic E-state index is 6.69. The lowest BCUT2D eigenvalue weighted by Crippen LogP contribution is -2.52. The number of rotatable bonds is 3. The van der Waals surface area contributed by atoms with Crippen LogP contribution >= 0.6 is 23.4 Å². The highest BCUT2D eigenvalue weighted by molar-refractivity contribution is 8.13. The molecule has 0 bridgehead atoms. The van der Waals surface area contributed by atoms with Crippen molar-refractivity contribution >= 4 is 28.4 Å². The molecule has 21 heavy (non-hydrogen) atoms. The van der Waals surface area contributed by atoms with Crippen molar-refractivity contribution in [1.29, 1.82) is 0 Å². The lowest BCUT2D eigenvalue weighted by atomic mass is 9.93. The van der Waals surface area contributed by atoms with Crippen LogP contribution in [0.25, 0.3) is 0 Å². The third-order valence-corrected chi connectivity index (χ3v) is 5.56. The van der Waals surface area contributed by atoms with E-state index in [2.05, 4.69) is 26.7 Å². The first-order valence-electron chi connectivity index (χ1n) is 7.67. The number of hydrogen-bond donors (Lipinski definition) is 2. The molecule has 1 aliphatic carbocycles. The highest BCUT2D eigenvalue weighted by Gasteiger charge is 2.32. The van der Waals surface area contributed by atoms with E-state index in [1.807, 2.05) is 7.05 Å². The normalized spacial score (nSPS) is 27.8. The zero-order valence-corrected chi connectivity index (χ0v) is 14.3. The fraction of sp³-hybridized carbons (Fsp3) is 0.786. The first-order chi connectivity index (χ1) is 10.2. The van der Waals surface area contributed by atoms with Crippen LogP contribution in [0.15, 0.2) is 15.8 Å². The molecule has 0 radical (unpaired) electrons. The lowest BCUT2D eigenvalue weighted by Gasteiger charge is -2.41. The summed E-state index contributed by atoms with van der Waals surface area (Å²) in [6.45, 7) is 3.98. The highest BCUT2D eigenvalue weighted by Crippen LogP contribution is 2.30. The maximum Gasteiger partial charge on any atom is 0.178 e. The van der Waals surface area contributed by atoms with E-state index in [1.54, 1.807) is 11.8 Å². The average Bonchev–Trinajstić information content (AvgIpc) is 2.47. The largest absolute Gasteiger partial charge is 0.364 e. The van der Waals surface area contributed by atoms with Gasteiger partial charge in [-0.2, -0.15) is 0 Å². The molecule has 2 heterocycles. The van der Waals surface area contributed by atoms with Gasteiger partial charge in [0.2, 0.25) is 0 Å². The van der Waals surface area contributed by atoms with Gasteiger partial charge in [0.15, 0.2) is 6.29 Å². The van der Waals surface area contributed by atoms with E-state index in [0.29, 0.717) is 6.04 Å². The number of halogens is 1. The number of hydrogen-bond acceptors (Lipinski definition) is 6. The van der Waals surface area contributed by atoms with Crippen molar-refractivity contribution in [2.75, 3.05) is 39.5 Å². The minimum atomic E-state index is -0.0306. The van der Waals surface area contributed by atoms with Crippen LogP contribution in [0.2, 0.25) is 0 Å². The number of nitrogens with one attached hydrogen (secondary N) is 2. The van der Waals surface area contributed by atoms with Crippen molar-refractivity contribution in [1.82, 2.24) is 20.4 Å². The van der Waals surface area contributed by atoms with Crippen LogP contribution < -0.4 is 10.6 Å². The van der Waals surface area contributed by atoms with Crippen LogP contribution in [0, 0.1) is 0 Å². The van der Waals surface area contributed by atoms with Gasteiger partial charge in [0.25, 0.3) is 0 Å². The second-order valence-electron chi connectivity index (χ2n) is 5.79. The predicted molar refractivity (Wildman–Crippen MR) is 90.6 cm³/mol. The zero-order valence-electron chi connectivity index (χ0n) is 12.7. The molecule has 3 rings (SSSR count). The Morgan fingerprint density at radius 3 is 2.62 bits per heavy atom. The number of thioether (sulfide) groups is 1. The number of aliphatic imine (C=N–C) groups is 1. The summed E-state index contributed by atoms with van der Waals surface area (Å²) in [5.41, 5.74) is 1.10. The molecular formula is C14H24ClN5S. The molecule has 3 aliphatic rings. The van der Waals surface area contributed by atoms with Gasteiger partial charge in [0.1, 0.15) is 15.9 Å². The van der Waals surface area contributed by atoms with Crippen molar-refractivity contribution in [2.24, 2.45) is 4.99 Å². The zero-order chi connectivity index (χ0) is 14.8. The number of piperazine rings is 1. The van der Waals surface area contributed by atoms with Gasteiger partial charge in [-0.15, -0.1) is 11.8 Å². The van der Waals surface area contributed by atoms with Gasteiger partial charge in [0, 0.05) is 39.3 Å². The van der Waals surface area contributed by atoms with E-state index in [-0.39, 0.29) is 6.29 Å². The second-order valence-corrected chi connectivity index (χ2v) is 6.95. The minimum absolute atomic E-state index is 0.0306. The maximum absolute atomic E-state index is 6.69. The molecule has 1 saturated heterocycles. The third kappa shape index (κ3) is 3.18. The third-order valence-electron chi connectivity index (χ3n) is 4.43. The van der Waals surface area contributed by atoms with Crippen molar-refractivity contribution in [3.63, 3.8) is 0 Å². The van der Waals surface area contributed by atoms with Crippen LogP contribution in [-0.2, 0) is 0 Å². The fourth-order valence-electron chi connectivity index (χ4n) is 2.86. The molecule has 7 heteroatoms. The monoisotopic (exact) mass is 329 g/mol. The van der Waals surface area contributed by atoms with E-state index in [0.717, 1.165) is 42.1 Å². The summed E-state index contributed by atoms with van der Waals surface area (Å²) in [4.78, 5) is 9.32. The molecule has 1 atom stereocenters. The Kier molecular flexibility index (Phi) is 4.99. The fourth-order valence-corrected chi connectivity index (χ4v) is 3.84. The molecule has 1 saturated carbocycles. The van der Waals surface area contributed by atoms with E-state index in [9.17, 15) is 0 Å². The van der Waals surface area contributed by atoms with Gasteiger partial charge in [-0.3, -0.25) is 5.32 Å². The van der Waals surface area contributed by atoms with Gasteiger partial charge < -0.3 is 15.1 Å². The summed E-state index contributed by atoms with van der Waals surface area (Å²) in [5.74, 6) is 0. The second kappa shape index (κ2) is 6.77. The molecule has 0 aromatic rings. The SMILES string of the molecule is CSC1=NC(NC2CCC2)N(C)C(Cl)=C1N1CCNCC1. The Morgan fingerprint density at radius 1 is 1.33 bits per heavy atom. The summed E-state index contributed by atoms with van der Waals surface area (Å²) in [7, 11) is 2.03. The smallest absolute Gasteiger partial charge is 0.178 e. The van der Waals surface area contributed by atoms with E-state index in [1.165, 1.54) is 19.3 Å². The Bertz CT molecular complexity index is 443. The molecule has 0 aromatic carbocycles. The van der Waals surface area contributed by atoms with Crippen molar-refractivity contribution < 1.29 is 0 Å². The molecule has 0 spiro atoms. The molecule has 1 unspecified atom stereocenters. The topological polar surface area (TPSA) is 42.9 Å². The van der Waals surface area contributed by atoms with Crippen LogP contribution in [-0.4, -0.2) is 66.7 Å². The molecule has 5 nitrogen and oxygen atoms in total. The highest BCUT2D eigenvalue weighted by atomic mass is 35.5. The van der Waals surface area contributed by atoms with Gasteiger partial charge in [-0.05, 0) is 19.1 Å². The van der Waals surface area contributed by atoms with Crippen LogP contribution in [0.1, 0.15) is 19.3 Å². The Labute approximate surface area is 136 Å². The quantitative estimate of drug-likeness (QED) is 0.767. The summed E-state index contributed by atoms with van der Waals surface area (Å²) < 4.78 is 0. The summed E-state index contributed by atoms with van der Waals surface area (Å²) >= 11 is 8.38. The van der Waals surface area contributed by atoms with Crippen molar-refractivity contribution in [3.8, 4) is 0 Å². The van der Waals surface area contributed by atoms with Crippen LogP contribution in [0.4, 0.5) is 0 Å². The van der Waals surface area contributed by atoms with Crippen molar-refractivity contribution in [3.05, 3.63) is 10.9 Å². The molecular weight excluding hydrogens is 306 g/mol. The van der Waals surface area contributed by atoms with Crippen LogP contribution in [0.3, 0.4) is 0 Å². The average molecular weight is 330 g/mol. The molecule has 118 valence electrons. The predicted octanol–water partition coefficient (Wildman–Crippen LogP) is 1.43. The Balaban J connectivity index is 1.79. The summed E-state index contributed by atoms with van der Waals surface area (Å²) in [6, 6.07) is 0.592. The standard InChI is InChI=1S/C14H24ClN5S/c1-19-12(15)11(20-8-6-16-7-9-20)13(21-2)18-14(19)17-10-4-3-5-10/h10,14,16-17H,3-9H2,1-2H3.